The van der Waals surface area contributed by atoms with Crippen LogP contribution in [0.15, 0.2) is 0 Å². The third-order valence-corrected chi connectivity index (χ3v) is 3.09. The second-order valence-corrected chi connectivity index (χ2v) is 5.04. The molecule has 0 aromatic heterocycles. The van der Waals surface area contributed by atoms with Crippen molar-refractivity contribution in [3.63, 3.8) is 0 Å². The molecule has 0 saturated carbocycles. The average molecular weight is 127 g/mol. The van der Waals surface area contributed by atoms with Crippen molar-refractivity contribution in [2.75, 3.05) is 0 Å². The van der Waals surface area contributed by atoms with E-state index in [1.165, 1.54) is 0 Å². The second kappa shape index (κ2) is 0.824. The summed E-state index contributed by atoms with van der Waals surface area (Å²) in [4.78, 5) is 0. The highest BCUT2D eigenvalue weighted by Gasteiger charge is 2.38. The zero-order valence-electron chi connectivity index (χ0n) is 2.54. The Kier molecular flexibility index (Phi) is 0.580. The molecule has 4 nitrogen and oxygen atoms in total. The number of hydrogen-bond acceptors (Lipinski definition) is 3. The summed E-state index contributed by atoms with van der Waals surface area (Å²) in [7, 11) is -5.02. The molecule has 0 radical (unpaired) electrons. The summed E-state index contributed by atoms with van der Waals surface area (Å²) in [5.41, 5.74) is 0. The predicted octanol–water partition coefficient (Wildman–Crippen LogP) is -1.50. The van der Waals surface area contributed by atoms with Gasteiger partial charge < -0.3 is 0 Å². The minimum absolute atomic E-state index is 1.72. The van der Waals surface area contributed by atoms with Gasteiger partial charge in [0.1, 0.15) is 0 Å². The monoisotopic (exact) mass is 127 g/mol. The van der Waals surface area contributed by atoms with Crippen LogP contribution in [0.3, 0.4) is 0 Å². The highest BCUT2D eigenvalue weighted by Crippen LogP contribution is 2.04. The van der Waals surface area contributed by atoms with Crippen LogP contribution in [0.2, 0.25) is 0 Å². The normalized spacial score (nSPS) is 39.0. The van der Waals surface area contributed by atoms with Crippen molar-refractivity contribution in [3.05, 3.63) is 0 Å². The standard InChI is InChI=1S/HNO3S2/c2-5-1-6(5,3)4/h1H. The molecule has 0 aromatic carbocycles. The maximum atomic E-state index is 9.66. The minimum atomic E-state index is -3.27. The Morgan fingerprint density at radius 2 is 1.67 bits per heavy atom. The zero-order valence-corrected chi connectivity index (χ0v) is 4.17. The topological polar surface area (TPSA) is 73.2 Å². The molecule has 0 bridgehead atoms. The summed E-state index contributed by atoms with van der Waals surface area (Å²) in [5.74, 6) is 0. The van der Waals surface area contributed by atoms with E-state index in [1.54, 1.807) is 4.13 Å². The van der Waals surface area contributed by atoms with Gasteiger partial charge in [0.05, 0.1) is 0 Å². The second-order valence-electron chi connectivity index (χ2n) is 0.772. The summed E-state index contributed by atoms with van der Waals surface area (Å²) >= 11 is 0. The van der Waals surface area contributed by atoms with Gasteiger partial charge in [-0.25, -0.2) is 4.21 Å². The maximum absolute atomic E-state index is 9.66. The van der Waals surface area contributed by atoms with Crippen molar-refractivity contribution in [2.24, 2.45) is 0 Å². The van der Waals surface area contributed by atoms with Gasteiger partial charge in [-0.2, -0.15) is 8.42 Å². The Hall–Kier alpha value is 0.0600. The van der Waals surface area contributed by atoms with Crippen molar-refractivity contribution >= 4 is 19.1 Å². The smallest absolute Gasteiger partial charge is 0.223 e. The fraction of sp³-hybridized carbons (Fsp3) is 0. The summed E-state index contributed by atoms with van der Waals surface area (Å²) in [6.07, 6.45) is 0. The number of hydrogen-bond donors (Lipinski definition) is 1. The van der Waals surface area contributed by atoms with Crippen molar-refractivity contribution in [3.8, 4) is 0 Å². The fourth-order valence-electron chi connectivity index (χ4n) is 0.0694. The lowest BCUT2D eigenvalue weighted by Crippen LogP contribution is -1.72. The molecular weight excluding hydrogens is 126 g/mol. The van der Waals surface area contributed by atoms with Crippen LogP contribution in [0.4, 0.5) is 0 Å². The lowest BCUT2D eigenvalue weighted by molar-refractivity contribution is 0.614. The molecule has 1 heterocycles. The zero-order chi connectivity index (χ0) is 4.78. The van der Waals surface area contributed by atoms with E-state index in [0.717, 1.165) is 0 Å². The summed E-state index contributed by atoms with van der Waals surface area (Å²) in [5, 5.41) is 0. The van der Waals surface area contributed by atoms with Crippen LogP contribution in [-0.4, -0.2) is 12.6 Å². The molecule has 36 valence electrons. The van der Waals surface area contributed by atoms with Crippen LogP contribution in [0.1, 0.15) is 0 Å². The lowest BCUT2D eigenvalue weighted by Gasteiger charge is -1.40. The molecule has 1 saturated heterocycles. The van der Waals surface area contributed by atoms with Gasteiger partial charge in [0.15, 0.2) is 0 Å². The van der Waals surface area contributed by atoms with Gasteiger partial charge >= 0.3 is 9.06 Å². The largest absolute Gasteiger partial charge is 0.319 e. The van der Waals surface area contributed by atoms with Crippen LogP contribution < -0.4 is 4.13 Å². The first-order valence-electron chi connectivity index (χ1n) is 1.07. The van der Waals surface area contributed by atoms with E-state index in [-0.39, 0.29) is 0 Å². The molecule has 6 heteroatoms. The van der Waals surface area contributed by atoms with Crippen LogP contribution >= 0.6 is 0 Å². The van der Waals surface area contributed by atoms with E-state index in [4.69, 9.17) is 0 Å². The van der Waals surface area contributed by atoms with Gasteiger partial charge in [0.2, 0.25) is 10.0 Å². The van der Waals surface area contributed by atoms with Gasteiger partial charge in [-0.3, -0.25) is 0 Å². The molecular formula is HNO3S2. The maximum Gasteiger partial charge on any atom is 0.319 e. The van der Waals surface area contributed by atoms with Crippen LogP contribution in [-0.2, 0) is 19.1 Å². The third kappa shape index (κ3) is 0.463. The van der Waals surface area contributed by atoms with Gasteiger partial charge in [0.25, 0.3) is 0 Å². The molecule has 1 atom stereocenters. The molecule has 0 spiro atoms. The van der Waals surface area contributed by atoms with Crippen LogP contribution in [0.25, 0.3) is 0 Å². The van der Waals surface area contributed by atoms with Crippen LogP contribution in [0.5, 0.6) is 0 Å². The Labute approximate surface area is 36.6 Å². The molecule has 1 N–H and O–H groups in total. The molecule has 6 heavy (non-hydrogen) atoms. The highest BCUT2D eigenvalue weighted by atomic mass is 33.2. The average Bonchev–Trinajstić information content (AvgIpc) is 1.73. The molecule has 0 aliphatic carbocycles. The number of rotatable bonds is 0. The first-order valence-corrected chi connectivity index (χ1v) is 4.22. The van der Waals surface area contributed by atoms with Gasteiger partial charge in [-0.15, -0.1) is 4.13 Å². The van der Waals surface area contributed by atoms with Gasteiger partial charge in [-0.05, 0) is 0 Å². The molecule has 0 amide bonds. The van der Waals surface area contributed by atoms with Crippen LogP contribution in [0, 0.1) is 0 Å². The Morgan fingerprint density at radius 1 is 1.50 bits per heavy atom. The predicted molar refractivity (Wildman–Crippen MR) is 20.2 cm³/mol. The quantitative estimate of drug-likeness (QED) is 0.318. The number of nitrogens with one attached hydrogen (secondary N) is 1. The molecule has 1 aliphatic rings. The van der Waals surface area contributed by atoms with Gasteiger partial charge in [0, 0.05) is 0 Å². The summed E-state index contributed by atoms with van der Waals surface area (Å²) in [6, 6.07) is 0. The van der Waals surface area contributed by atoms with E-state index < -0.39 is 19.1 Å². The lowest BCUT2D eigenvalue weighted by atomic mass is 13.9. The highest BCUT2D eigenvalue weighted by molar-refractivity contribution is 8.76. The first-order chi connectivity index (χ1) is 2.63. The summed E-state index contributed by atoms with van der Waals surface area (Å²) in [6.45, 7) is 0. The van der Waals surface area contributed by atoms with Crippen molar-refractivity contribution in [1.82, 2.24) is 4.13 Å². The van der Waals surface area contributed by atoms with Gasteiger partial charge in [-0.1, -0.05) is 0 Å². The van der Waals surface area contributed by atoms with Crippen molar-refractivity contribution < 1.29 is 12.6 Å². The van der Waals surface area contributed by atoms with E-state index in [2.05, 4.69) is 0 Å². The minimum Gasteiger partial charge on any atom is -0.223 e. The Bertz CT molecular complexity index is 175. The van der Waals surface area contributed by atoms with E-state index >= 15 is 0 Å². The first kappa shape index (κ1) is 4.23. The fourth-order valence-corrected chi connectivity index (χ4v) is 1.38. The molecule has 1 rings (SSSR count). The molecule has 1 aliphatic heterocycles. The van der Waals surface area contributed by atoms with E-state index in [0.29, 0.717) is 0 Å². The molecule has 1 fully saturated rings. The molecule has 1 unspecified atom stereocenters. The Balaban J connectivity index is 3.24. The van der Waals surface area contributed by atoms with E-state index in [1.807, 2.05) is 0 Å². The summed E-state index contributed by atoms with van der Waals surface area (Å²) < 4.78 is 30.7. The molecule has 0 aromatic rings. The Morgan fingerprint density at radius 3 is 1.67 bits per heavy atom. The van der Waals surface area contributed by atoms with Crippen molar-refractivity contribution in [1.29, 1.82) is 0 Å². The SMILES string of the molecule is O=S1NS1(=O)=O. The van der Waals surface area contributed by atoms with E-state index in [9.17, 15) is 12.6 Å². The van der Waals surface area contributed by atoms with Crippen molar-refractivity contribution in [2.45, 2.75) is 0 Å². The third-order valence-electron chi connectivity index (χ3n) is 0.343.